The number of hydrogen-bond acceptors (Lipinski definition) is 2. The third-order valence-electron chi connectivity index (χ3n) is 1.79. The van der Waals surface area contributed by atoms with E-state index in [9.17, 15) is 0 Å². The Bertz CT molecular complexity index is 292. The molecule has 0 unspecified atom stereocenters. The third kappa shape index (κ3) is 2.86. The SMILES string of the molecule is CC(C)Cc1ccccc1N=NN. The number of hydrogen-bond donors (Lipinski definition) is 1. The molecule has 0 atom stereocenters. The van der Waals surface area contributed by atoms with Crippen LogP contribution in [0.25, 0.3) is 0 Å². The molecule has 0 aromatic heterocycles. The average molecular weight is 177 g/mol. The van der Waals surface area contributed by atoms with E-state index in [0.29, 0.717) is 5.92 Å². The van der Waals surface area contributed by atoms with Crippen LogP contribution < -0.4 is 5.84 Å². The van der Waals surface area contributed by atoms with Gasteiger partial charge in [0.1, 0.15) is 0 Å². The zero-order valence-corrected chi connectivity index (χ0v) is 8.07. The van der Waals surface area contributed by atoms with Crippen LogP contribution in [-0.4, -0.2) is 0 Å². The van der Waals surface area contributed by atoms with Crippen molar-refractivity contribution in [1.82, 2.24) is 0 Å². The van der Waals surface area contributed by atoms with E-state index >= 15 is 0 Å². The van der Waals surface area contributed by atoms with Crippen LogP contribution in [0.2, 0.25) is 0 Å². The summed E-state index contributed by atoms with van der Waals surface area (Å²) in [5, 5.41) is 7.16. The van der Waals surface area contributed by atoms with E-state index in [-0.39, 0.29) is 0 Å². The van der Waals surface area contributed by atoms with E-state index in [1.54, 1.807) is 0 Å². The Morgan fingerprint density at radius 1 is 1.31 bits per heavy atom. The number of nitrogens with zero attached hydrogens (tertiary/aromatic N) is 2. The minimum absolute atomic E-state index is 0.620. The molecule has 3 nitrogen and oxygen atoms in total. The van der Waals surface area contributed by atoms with Crippen molar-refractivity contribution in [2.75, 3.05) is 0 Å². The minimum atomic E-state index is 0.620. The molecule has 0 heterocycles. The molecule has 0 radical (unpaired) electrons. The molecule has 1 rings (SSSR count). The lowest BCUT2D eigenvalue weighted by Gasteiger charge is -2.06. The number of rotatable bonds is 3. The summed E-state index contributed by atoms with van der Waals surface area (Å²) in [7, 11) is 0. The second-order valence-corrected chi connectivity index (χ2v) is 3.44. The van der Waals surface area contributed by atoms with E-state index in [0.717, 1.165) is 12.1 Å². The van der Waals surface area contributed by atoms with Gasteiger partial charge in [0, 0.05) is 0 Å². The summed E-state index contributed by atoms with van der Waals surface area (Å²) in [5.41, 5.74) is 2.07. The van der Waals surface area contributed by atoms with E-state index in [1.165, 1.54) is 5.56 Å². The van der Waals surface area contributed by atoms with Crippen LogP contribution in [0.1, 0.15) is 19.4 Å². The van der Waals surface area contributed by atoms with Crippen molar-refractivity contribution >= 4 is 5.69 Å². The molecule has 0 saturated heterocycles. The fourth-order valence-corrected chi connectivity index (χ4v) is 1.28. The number of benzene rings is 1. The van der Waals surface area contributed by atoms with Crippen molar-refractivity contribution < 1.29 is 0 Å². The Morgan fingerprint density at radius 2 is 2.00 bits per heavy atom. The highest BCUT2D eigenvalue weighted by molar-refractivity contribution is 5.45. The van der Waals surface area contributed by atoms with Crippen molar-refractivity contribution in [3.05, 3.63) is 29.8 Å². The van der Waals surface area contributed by atoms with Gasteiger partial charge in [0.25, 0.3) is 0 Å². The second kappa shape index (κ2) is 4.60. The fourth-order valence-electron chi connectivity index (χ4n) is 1.28. The average Bonchev–Trinajstić information content (AvgIpc) is 2.08. The second-order valence-electron chi connectivity index (χ2n) is 3.44. The predicted octanol–water partition coefficient (Wildman–Crippen LogP) is 2.84. The highest BCUT2D eigenvalue weighted by atomic mass is 15.3. The lowest BCUT2D eigenvalue weighted by molar-refractivity contribution is 0.647. The van der Waals surface area contributed by atoms with Gasteiger partial charge in [0.05, 0.1) is 5.69 Å². The monoisotopic (exact) mass is 177 g/mol. The molecule has 0 bridgehead atoms. The minimum Gasteiger partial charge on any atom is -0.305 e. The highest BCUT2D eigenvalue weighted by Gasteiger charge is 2.02. The van der Waals surface area contributed by atoms with Gasteiger partial charge in [0.2, 0.25) is 0 Å². The Balaban J connectivity index is 2.90. The zero-order valence-electron chi connectivity index (χ0n) is 8.07. The summed E-state index contributed by atoms with van der Waals surface area (Å²) in [4.78, 5) is 0. The molecule has 0 aliphatic rings. The standard InChI is InChI=1S/C10H15N3/c1-8(2)7-9-5-3-4-6-10(9)12-13-11/h3-6,8H,7H2,1-2H3,(H2,11,12). The van der Waals surface area contributed by atoms with Crippen LogP contribution in [0.4, 0.5) is 5.69 Å². The van der Waals surface area contributed by atoms with Gasteiger partial charge in [-0.3, -0.25) is 0 Å². The first-order chi connectivity index (χ1) is 6.24. The van der Waals surface area contributed by atoms with Gasteiger partial charge >= 0.3 is 0 Å². The molecule has 13 heavy (non-hydrogen) atoms. The van der Waals surface area contributed by atoms with E-state index in [4.69, 9.17) is 5.84 Å². The van der Waals surface area contributed by atoms with Gasteiger partial charge in [-0.1, -0.05) is 37.3 Å². The molecule has 3 heteroatoms. The molecular weight excluding hydrogens is 162 g/mol. The molecule has 0 aliphatic heterocycles. The molecule has 0 fully saturated rings. The van der Waals surface area contributed by atoms with E-state index in [2.05, 4.69) is 30.3 Å². The van der Waals surface area contributed by atoms with Gasteiger partial charge in [0.15, 0.2) is 0 Å². The van der Waals surface area contributed by atoms with E-state index in [1.807, 2.05) is 18.2 Å². The normalized spacial score (nSPS) is 11.3. The molecule has 1 aromatic rings. The Labute approximate surface area is 78.6 Å². The van der Waals surface area contributed by atoms with Crippen LogP contribution in [-0.2, 0) is 6.42 Å². The maximum atomic E-state index is 5.02. The van der Waals surface area contributed by atoms with Crippen LogP contribution in [0, 0.1) is 5.92 Å². The first-order valence-electron chi connectivity index (χ1n) is 4.43. The first kappa shape index (κ1) is 9.71. The Kier molecular flexibility index (Phi) is 3.43. The smallest absolute Gasteiger partial charge is 0.0906 e. The van der Waals surface area contributed by atoms with Crippen LogP contribution in [0.3, 0.4) is 0 Å². The molecule has 2 N–H and O–H groups in total. The molecule has 0 saturated carbocycles. The summed E-state index contributed by atoms with van der Waals surface area (Å²) in [6, 6.07) is 7.93. The van der Waals surface area contributed by atoms with Crippen molar-refractivity contribution in [3.8, 4) is 0 Å². The number of nitrogens with two attached hydrogens (primary N) is 1. The summed E-state index contributed by atoms with van der Waals surface area (Å²) < 4.78 is 0. The maximum Gasteiger partial charge on any atom is 0.0906 e. The van der Waals surface area contributed by atoms with Crippen LogP contribution >= 0.6 is 0 Å². The molecule has 0 aliphatic carbocycles. The summed E-state index contributed by atoms with van der Waals surface area (Å²) in [5.74, 6) is 5.64. The van der Waals surface area contributed by atoms with Crippen molar-refractivity contribution in [2.45, 2.75) is 20.3 Å². The third-order valence-corrected chi connectivity index (χ3v) is 1.79. The molecule has 0 amide bonds. The van der Waals surface area contributed by atoms with Crippen molar-refractivity contribution in [3.63, 3.8) is 0 Å². The van der Waals surface area contributed by atoms with Crippen molar-refractivity contribution in [2.24, 2.45) is 22.1 Å². The van der Waals surface area contributed by atoms with Crippen LogP contribution in [0.15, 0.2) is 34.6 Å². The van der Waals surface area contributed by atoms with Crippen LogP contribution in [0.5, 0.6) is 0 Å². The fraction of sp³-hybridized carbons (Fsp3) is 0.400. The first-order valence-corrected chi connectivity index (χ1v) is 4.43. The highest BCUT2D eigenvalue weighted by Crippen LogP contribution is 2.21. The quantitative estimate of drug-likeness (QED) is 0.431. The summed E-state index contributed by atoms with van der Waals surface area (Å²) in [6.07, 6.45) is 1.01. The topological polar surface area (TPSA) is 50.7 Å². The lowest BCUT2D eigenvalue weighted by Crippen LogP contribution is -1.94. The Morgan fingerprint density at radius 3 is 2.62 bits per heavy atom. The summed E-state index contributed by atoms with van der Waals surface area (Å²) in [6.45, 7) is 4.35. The Hall–Kier alpha value is -1.38. The molecular formula is C10H15N3. The maximum absolute atomic E-state index is 5.02. The van der Waals surface area contributed by atoms with E-state index < -0.39 is 0 Å². The van der Waals surface area contributed by atoms with Gasteiger partial charge in [-0.2, -0.15) is 0 Å². The van der Waals surface area contributed by atoms with Gasteiger partial charge in [-0.05, 0) is 24.0 Å². The van der Waals surface area contributed by atoms with Crippen molar-refractivity contribution in [1.29, 1.82) is 0 Å². The summed E-state index contributed by atoms with van der Waals surface area (Å²) >= 11 is 0. The van der Waals surface area contributed by atoms with Gasteiger partial charge in [-0.15, -0.1) is 5.11 Å². The molecule has 70 valence electrons. The van der Waals surface area contributed by atoms with Gasteiger partial charge < -0.3 is 5.84 Å². The predicted molar refractivity (Wildman–Crippen MR) is 53.7 cm³/mol. The lowest BCUT2D eigenvalue weighted by atomic mass is 10.0. The largest absolute Gasteiger partial charge is 0.305 e. The van der Waals surface area contributed by atoms with Gasteiger partial charge in [-0.25, -0.2) is 0 Å². The molecule has 0 spiro atoms. The zero-order chi connectivity index (χ0) is 9.68. The molecule has 1 aromatic carbocycles.